The predicted molar refractivity (Wildman–Crippen MR) is 66.6 cm³/mol. The molecule has 0 amide bonds. The van der Waals surface area contributed by atoms with Gasteiger partial charge in [-0.2, -0.15) is 0 Å². The lowest BCUT2D eigenvalue weighted by Crippen LogP contribution is -2.36. The molecule has 1 aromatic rings. The minimum absolute atomic E-state index is 0.156. The number of hydrogen-bond acceptors (Lipinski definition) is 2. The lowest BCUT2D eigenvalue weighted by atomic mass is 9.91. The van der Waals surface area contributed by atoms with Crippen molar-refractivity contribution in [2.24, 2.45) is 5.92 Å². The highest BCUT2D eigenvalue weighted by atomic mass is 19.1. The Labute approximate surface area is 102 Å². The summed E-state index contributed by atoms with van der Waals surface area (Å²) in [6, 6.07) is 5.46. The van der Waals surface area contributed by atoms with Gasteiger partial charge in [-0.15, -0.1) is 0 Å². The molecule has 0 spiro atoms. The molecular weight excluding hydrogens is 217 g/mol. The second-order valence-electron chi connectivity index (χ2n) is 4.79. The number of likely N-dealkylation sites (N-methyl/N-ethyl adjacent to an activating group) is 1. The van der Waals surface area contributed by atoms with Crippen LogP contribution in [0.15, 0.2) is 18.2 Å². The SMILES string of the molecule is CNC(Cc1ccc(F)cc1C)C1CCOC1. The number of nitrogens with one attached hydrogen (secondary N) is 1. The molecule has 0 saturated carbocycles. The van der Waals surface area contributed by atoms with E-state index in [0.717, 1.165) is 31.6 Å². The number of ether oxygens (including phenoxy) is 1. The Morgan fingerprint density at radius 1 is 1.53 bits per heavy atom. The Morgan fingerprint density at radius 2 is 2.35 bits per heavy atom. The van der Waals surface area contributed by atoms with E-state index in [0.29, 0.717) is 12.0 Å². The maximum atomic E-state index is 13.0. The van der Waals surface area contributed by atoms with Gasteiger partial charge in [-0.3, -0.25) is 0 Å². The molecule has 1 aromatic carbocycles. The molecule has 1 aliphatic rings. The van der Waals surface area contributed by atoms with Crippen LogP contribution in [0.25, 0.3) is 0 Å². The third-order valence-corrected chi connectivity index (χ3v) is 3.65. The third kappa shape index (κ3) is 3.05. The van der Waals surface area contributed by atoms with Gasteiger partial charge in [0.05, 0.1) is 6.61 Å². The maximum absolute atomic E-state index is 13.0. The van der Waals surface area contributed by atoms with Crippen LogP contribution in [0, 0.1) is 18.7 Å². The fourth-order valence-corrected chi connectivity index (χ4v) is 2.50. The van der Waals surface area contributed by atoms with Crippen molar-refractivity contribution in [3.63, 3.8) is 0 Å². The molecule has 0 radical (unpaired) electrons. The summed E-state index contributed by atoms with van der Waals surface area (Å²) in [6.07, 6.45) is 2.06. The van der Waals surface area contributed by atoms with E-state index in [4.69, 9.17) is 4.74 Å². The van der Waals surface area contributed by atoms with E-state index in [9.17, 15) is 4.39 Å². The third-order valence-electron chi connectivity index (χ3n) is 3.65. The summed E-state index contributed by atoms with van der Waals surface area (Å²) >= 11 is 0. The van der Waals surface area contributed by atoms with E-state index in [2.05, 4.69) is 5.32 Å². The predicted octanol–water partition coefficient (Wildman–Crippen LogP) is 2.30. The summed E-state index contributed by atoms with van der Waals surface area (Å²) in [4.78, 5) is 0. The highest BCUT2D eigenvalue weighted by Crippen LogP contribution is 2.21. The maximum Gasteiger partial charge on any atom is 0.123 e. The summed E-state index contributed by atoms with van der Waals surface area (Å²) in [5.74, 6) is 0.418. The van der Waals surface area contributed by atoms with Crippen LogP contribution in [-0.4, -0.2) is 26.3 Å². The fourth-order valence-electron chi connectivity index (χ4n) is 2.50. The number of aryl methyl sites for hydroxylation is 1. The van der Waals surface area contributed by atoms with Gasteiger partial charge in [-0.1, -0.05) is 6.07 Å². The van der Waals surface area contributed by atoms with Gasteiger partial charge in [0.1, 0.15) is 5.82 Å². The second-order valence-corrected chi connectivity index (χ2v) is 4.79. The number of hydrogen-bond donors (Lipinski definition) is 1. The van der Waals surface area contributed by atoms with Crippen LogP contribution >= 0.6 is 0 Å². The van der Waals surface area contributed by atoms with Crippen molar-refractivity contribution in [3.8, 4) is 0 Å². The molecule has 2 rings (SSSR count). The van der Waals surface area contributed by atoms with Crippen molar-refractivity contribution in [2.45, 2.75) is 25.8 Å². The van der Waals surface area contributed by atoms with Crippen molar-refractivity contribution >= 4 is 0 Å². The van der Waals surface area contributed by atoms with Crippen LogP contribution in [0.1, 0.15) is 17.5 Å². The van der Waals surface area contributed by atoms with Crippen molar-refractivity contribution in [3.05, 3.63) is 35.1 Å². The zero-order valence-corrected chi connectivity index (χ0v) is 10.5. The Kier molecular flexibility index (Phi) is 4.13. The number of benzene rings is 1. The molecule has 17 heavy (non-hydrogen) atoms. The number of rotatable bonds is 4. The quantitative estimate of drug-likeness (QED) is 0.867. The minimum atomic E-state index is -0.156. The average Bonchev–Trinajstić information content (AvgIpc) is 2.81. The van der Waals surface area contributed by atoms with Crippen LogP contribution in [0.5, 0.6) is 0 Å². The standard InChI is InChI=1S/C14H20FNO/c1-10-7-13(15)4-3-11(10)8-14(16-2)12-5-6-17-9-12/h3-4,7,12,14,16H,5-6,8-9H2,1-2H3. The van der Waals surface area contributed by atoms with Crippen molar-refractivity contribution in [2.75, 3.05) is 20.3 Å². The van der Waals surface area contributed by atoms with E-state index in [-0.39, 0.29) is 5.82 Å². The van der Waals surface area contributed by atoms with Gasteiger partial charge in [0.15, 0.2) is 0 Å². The molecule has 0 aromatic heterocycles. The molecular formula is C14H20FNO. The lowest BCUT2D eigenvalue weighted by molar-refractivity contribution is 0.177. The van der Waals surface area contributed by atoms with Crippen LogP contribution in [0.2, 0.25) is 0 Å². The molecule has 0 bridgehead atoms. The number of halogens is 1. The first-order valence-electron chi connectivity index (χ1n) is 6.20. The zero-order chi connectivity index (χ0) is 12.3. The molecule has 1 heterocycles. The highest BCUT2D eigenvalue weighted by molar-refractivity contribution is 5.27. The topological polar surface area (TPSA) is 21.3 Å². The Hall–Kier alpha value is -0.930. The monoisotopic (exact) mass is 237 g/mol. The summed E-state index contributed by atoms with van der Waals surface area (Å²) in [7, 11) is 1.99. The molecule has 2 nitrogen and oxygen atoms in total. The Balaban J connectivity index is 2.06. The summed E-state index contributed by atoms with van der Waals surface area (Å²) in [6.45, 7) is 3.67. The molecule has 1 aliphatic heterocycles. The highest BCUT2D eigenvalue weighted by Gasteiger charge is 2.24. The first-order chi connectivity index (χ1) is 8.20. The zero-order valence-electron chi connectivity index (χ0n) is 10.5. The normalized spacial score (nSPS) is 21.7. The first kappa shape index (κ1) is 12.5. The summed E-state index contributed by atoms with van der Waals surface area (Å²) < 4.78 is 18.5. The average molecular weight is 237 g/mol. The van der Waals surface area contributed by atoms with E-state index in [1.807, 2.05) is 20.0 Å². The Morgan fingerprint density at radius 3 is 2.94 bits per heavy atom. The van der Waals surface area contributed by atoms with Crippen LogP contribution < -0.4 is 5.32 Å². The smallest absolute Gasteiger partial charge is 0.123 e. The first-order valence-corrected chi connectivity index (χ1v) is 6.20. The van der Waals surface area contributed by atoms with Crippen molar-refractivity contribution < 1.29 is 9.13 Å². The van der Waals surface area contributed by atoms with Gasteiger partial charge >= 0.3 is 0 Å². The van der Waals surface area contributed by atoms with E-state index >= 15 is 0 Å². The van der Waals surface area contributed by atoms with Gasteiger partial charge in [0, 0.05) is 18.6 Å². The van der Waals surface area contributed by atoms with Gasteiger partial charge in [0.25, 0.3) is 0 Å². The molecule has 3 heteroatoms. The van der Waals surface area contributed by atoms with Gasteiger partial charge in [0.2, 0.25) is 0 Å². The van der Waals surface area contributed by atoms with Crippen LogP contribution in [0.4, 0.5) is 4.39 Å². The molecule has 94 valence electrons. The largest absolute Gasteiger partial charge is 0.381 e. The van der Waals surface area contributed by atoms with Crippen molar-refractivity contribution in [1.29, 1.82) is 0 Å². The summed E-state index contributed by atoms with van der Waals surface area (Å²) in [5.41, 5.74) is 2.25. The van der Waals surface area contributed by atoms with Gasteiger partial charge in [-0.25, -0.2) is 4.39 Å². The van der Waals surface area contributed by atoms with E-state index in [1.165, 1.54) is 5.56 Å². The van der Waals surface area contributed by atoms with Crippen LogP contribution in [-0.2, 0) is 11.2 Å². The molecule has 1 saturated heterocycles. The molecule has 2 unspecified atom stereocenters. The summed E-state index contributed by atoms with van der Waals surface area (Å²) in [5, 5.41) is 3.36. The van der Waals surface area contributed by atoms with Gasteiger partial charge < -0.3 is 10.1 Å². The fraction of sp³-hybridized carbons (Fsp3) is 0.571. The Bertz CT molecular complexity index is 374. The second kappa shape index (κ2) is 5.61. The molecule has 0 aliphatic carbocycles. The lowest BCUT2D eigenvalue weighted by Gasteiger charge is -2.22. The minimum Gasteiger partial charge on any atom is -0.381 e. The molecule has 1 N–H and O–H groups in total. The molecule has 1 fully saturated rings. The van der Waals surface area contributed by atoms with E-state index < -0.39 is 0 Å². The van der Waals surface area contributed by atoms with E-state index in [1.54, 1.807) is 12.1 Å². The van der Waals surface area contributed by atoms with Gasteiger partial charge in [-0.05, 0) is 50.1 Å². The van der Waals surface area contributed by atoms with Crippen molar-refractivity contribution in [1.82, 2.24) is 5.32 Å². The molecule has 2 atom stereocenters. The van der Waals surface area contributed by atoms with Crippen LogP contribution in [0.3, 0.4) is 0 Å².